The molecule has 1 aromatic heterocycles. The summed E-state index contributed by atoms with van der Waals surface area (Å²) in [5.41, 5.74) is 0.592. The summed E-state index contributed by atoms with van der Waals surface area (Å²) in [6.07, 6.45) is 2.20. The maximum atomic E-state index is 12.0. The third-order valence-electron chi connectivity index (χ3n) is 3.44. The molecular formula is C14H15Cl2N5O2S. The summed E-state index contributed by atoms with van der Waals surface area (Å²) >= 11 is 13.0. The molecule has 0 radical (unpaired) electrons. The standard InChI is InChI=1S/C14H15Cl2N5O2S/c15-11-4-3-9(6-12(11)16)17-13(22)8-24-14-18-19-20-21(14)7-10-2-1-5-23-10/h3-4,6,10H,1-2,5,7-8H2,(H,17,22). The monoisotopic (exact) mass is 387 g/mol. The zero-order chi connectivity index (χ0) is 16.9. The van der Waals surface area contributed by atoms with Crippen LogP contribution < -0.4 is 5.32 Å². The first-order valence-electron chi connectivity index (χ1n) is 7.37. The zero-order valence-corrected chi connectivity index (χ0v) is 14.9. The Labute approximate surface area is 153 Å². The molecule has 1 N–H and O–H groups in total. The lowest BCUT2D eigenvalue weighted by molar-refractivity contribution is -0.113. The Kier molecular flexibility index (Phi) is 5.94. The van der Waals surface area contributed by atoms with E-state index in [4.69, 9.17) is 27.9 Å². The van der Waals surface area contributed by atoms with Crippen molar-refractivity contribution in [1.29, 1.82) is 0 Å². The summed E-state index contributed by atoms with van der Waals surface area (Å²) in [7, 11) is 0. The van der Waals surface area contributed by atoms with Gasteiger partial charge in [-0.3, -0.25) is 4.79 Å². The van der Waals surface area contributed by atoms with E-state index in [1.807, 2.05) is 0 Å². The van der Waals surface area contributed by atoms with Crippen molar-refractivity contribution in [2.24, 2.45) is 0 Å². The number of aromatic nitrogens is 4. The summed E-state index contributed by atoms with van der Waals surface area (Å²) in [5, 5.41) is 15.8. The van der Waals surface area contributed by atoms with Crippen molar-refractivity contribution in [3.05, 3.63) is 28.2 Å². The lowest BCUT2D eigenvalue weighted by Crippen LogP contribution is -2.18. The molecule has 2 heterocycles. The molecule has 1 fully saturated rings. The molecule has 3 rings (SSSR count). The van der Waals surface area contributed by atoms with E-state index in [0.717, 1.165) is 19.4 Å². The highest BCUT2D eigenvalue weighted by Gasteiger charge is 2.19. The number of carbonyl (C=O) groups excluding carboxylic acids is 1. The van der Waals surface area contributed by atoms with Gasteiger partial charge in [-0.1, -0.05) is 35.0 Å². The number of rotatable bonds is 6. The van der Waals surface area contributed by atoms with Crippen LogP contribution in [0.15, 0.2) is 23.4 Å². The van der Waals surface area contributed by atoms with Crippen LogP contribution in [0, 0.1) is 0 Å². The highest BCUT2D eigenvalue weighted by Crippen LogP contribution is 2.25. The number of hydrogen-bond donors (Lipinski definition) is 1. The van der Waals surface area contributed by atoms with Crippen molar-refractivity contribution in [3.8, 4) is 0 Å². The van der Waals surface area contributed by atoms with Gasteiger partial charge in [-0.15, -0.1) is 5.10 Å². The average Bonchev–Trinajstić information content (AvgIpc) is 3.21. The van der Waals surface area contributed by atoms with Gasteiger partial charge in [0.2, 0.25) is 11.1 Å². The quantitative estimate of drug-likeness (QED) is 0.767. The molecule has 1 unspecified atom stereocenters. The molecule has 2 aromatic rings. The van der Waals surface area contributed by atoms with E-state index >= 15 is 0 Å². The van der Waals surface area contributed by atoms with Crippen molar-refractivity contribution in [2.45, 2.75) is 30.6 Å². The minimum absolute atomic E-state index is 0.137. The number of tetrazole rings is 1. The maximum Gasteiger partial charge on any atom is 0.234 e. The first-order valence-corrected chi connectivity index (χ1v) is 9.11. The minimum Gasteiger partial charge on any atom is -0.376 e. The first kappa shape index (κ1) is 17.5. The average molecular weight is 388 g/mol. The molecular weight excluding hydrogens is 373 g/mol. The first-order chi connectivity index (χ1) is 11.6. The Morgan fingerprint density at radius 1 is 1.42 bits per heavy atom. The Morgan fingerprint density at radius 3 is 3.04 bits per heavy atom. The van der Waals surface area contributed by atoms with Crippen LogP contribution >= 0.6 is 35.0 Å². The van der Waals surface area contributed by atoms with Gasteiger partial charge in [-0.25, -0.2) is 4.68 Å². The van der Waals surface area contributed by atoms with Crippen LogP contribution in [0.5, 0.6) is 0 Å². The number of nitrogens with one attached hydrogen (secondary N) is 1. The Balaban J connectivity index is 1.52. The summed E-state index contributed by atoms with van der Waals surface area (Å²) in [4.78, 5) is 12.0. The van der Waals surface area contributed by atoms with E-state index in [9.17, 15) is 4.79 Å². The van der Waals surface area contributed by atoms with Crippen molar-refractivity contribution >= 4 is 46.6 Å². The Bertz CT molecular complexity index is 721. The van der Waals surface area contributed by atoms with E-state index in [0.29, 0.717) is 27.4 Å². The molecule has 1 amide bonds. The number of halogens is 2. The number of hydrogen-bond acceptors (Lipinski definition) is 6. The molecule has 0 bridgehead atoms. The van der Waals surface area contributed by atoms with E-state index in [-0.39, 0.29) is 17.8 Å². The highest BCUT2D eigenvalue weighted by molar-refractivity contribution is 7.99. The fraction of sp³-hybridized carbons (Fsp3) is 0.429. The van der Waals surface area contributed by atoms with Gasteiger partial charge in [0.05, 0.1) is 28.4 Å². The van der Waals surface area contributed by atoms with Crippen LogP contribution in [0.3, 0.4) is 0 Å². The minimum atomic E-state index is -0.176. The van der Waals surface area contributed by atoms with E-state index in [1.54, 1.807) is 22.9 Å². The molecule has 1 aromatic carbocycles. The highest BCUT2D eigenvalue weighted by atomic mass is 35.5. The summed E-state index contributed by atoms with van der Waals surface area (Å²) in [6, 6.07) is 4.93. The third-order valence-corrected chi connectivity index (χ3v) is 5.13. The topological polar surface area (TPSA) is 81.9 Å². The molecule has 24 heavy (non-hydrogen) atoms. The van der Waals surface area contributed by atoms with Gasteiger partial charge in [0.15, 0.2) is 0 Å². The number of ether oxygens (including phenoxy) is 1. The number of nitrogens with zero attached hydrogens (tertiary/aromatic N) is 4. The van der Waals surface area contributed by atoms with E-state index in [1.165, 1.54) is 11.8 Å². The third kappa shape index (κ3) is 4.60. The van der Waals surface area contributed by atoms with Gasteiger partial charge >= 0.3 is 0 Å². The van der Waals surface area contributed by atoms with E-state index in [2.05, 4.69) is 20.8 Å². The fourth-order valence-electron chi connectivity index (χ4n) is 2.30. The van der Waals surface area contributed by atoms with Crippen LogP contribution in [0.25, 0.3) is 0 Å². The van der Waals surface area contributed by atoms with Gasteiger partial charge in [-0.2, -0.15) is 0 Å². The number of carbonyl (C=O) groups is 1. The number of benzene rings is 1. The summed E-state index contributed by atoms with van der Waals surface area (Å²) in [5.74, 6) is 0.0108. The van der Waals surface area contributed by atoms with Crippen molar-refractivity contribution in [2.75, 3.05) is 17.7 Å². The smallest absolute Gasteiger partial charge is 0.234 e. The molecule has 128 valence electrons. The van der Waals surface area contributed by atoms with Crippen LogP contribution in [-0.4, -0.2) is 44.6 Å². The molecule has 0 saturated carbocycles. The molecule has 0 aliphatic carbocycles. The second-order valence-electron chi connectivity index (χ2n) is 5.24. The molecule has 7 nitrogen and oxygen atoms in total. The van der Waals surface area contributed by atoms with Gasteiger partial charge in [0.25, 0.3) is 0 Å². The number of anilines is 1. The Hall–Kier alpha value is -1.35. The molecule has 0 spiro atoms. The zero-order valence-electron chi connectivity index (χ0n) is 12.6. The molecule has 1 aliphatic rings. The second-order valence-corrected chi connectivity index (χ2v) is 7.00. The maximum absolute atomic E-state index is 12.0. The van der Waals surface area contributed by atoms with Crippen molar-refractivity contribution in [1.82, 2.24) is 20.2 Å². The molecule has 1 aliphatic heterocycles. The SMILES string of the molecule is O=C(CSc1nnnn1CC1CCCO1)Nc1ccc(Cl)c(Cl)c1. The van der Waals surface area contributed by atoms with Gasteiger partial charge in [0, 0.05) is 12.3 Å². The molecule has 10 heteroatoms. The number of thioether (sulfide) groups is 1. The second kappa shape index (κ2) is 8.15. The summed E-state index contributed by atoms with van der Waals surface area (Å²) in [6.45, 7) is 1.38. The van der Waals surface area contributed by atoms with Gasteiger partial charge in [-0.05, 0) is 41.5 Å². The van der Waals surface area contributed by atoms with Crippen molar-refractivity contribution in [3.63, 3.8) is 0 Å². The van der Waals surface area contributed by atoms with Gasteiger partial charge in [0.1, 0.15) is 0 Å². The van der Waals surface area contributed by atoms with Crippen LogP contribution in [-0.2, 0) is 16.1 Å². The predicted octanol–water partition coefficient (Wildman–Crippen LogP) is 2.89. The van der Waals surface area contributed by atoms with Gasteiger partial charge < -0.3 is 10.1 Å². The predicted molar refractivity (Wildman–Crippen MR) is 92.6 cm³/mol. The fourth-order valence-corrected chi connectivity index (χ4v) is 3.28. The van der Waals surface area contributed by atoms with Crippen LogP contribution in [0.2, 0.25) is 10.0 Å². The number of amides is 1. The van der Waals surface area contributed by atoms with Crippen LogP contribution in [0.4, 0.5) is 5.69 Å². The van der Waals surface area contributed by atoms with Crippen molar-refractivity contribution < 1.29 is 9.53 Å². The normalized spacial score (nSPS) is 17.2. The summed E-state index contributed by atoms with van der Waals surface area (Å²) < 4.78 is 7.25. The lowest BCUT2D eigenvalue weighted by atomic mass is 10.2. The molecule has 1 atom stereocenters. The largest absolute Gasteiger partial charge is 0.376 e. The lowest BCUT2D eigenvalue weighted by Gasteiger charge is -2.10. The van der Waals surface area contributed by atoms with Crippen LogP contribution in [0.1, 0.15) is 12.8 Å². The van der Waals surface area contributed by atoms with E-state index < -0.39 is 0 Å². The molecule has 1 saturated heterocycles. The Morgan fingerprint density at radius 2 is 2.29 bits per heavy atom.